The van der Waals surface area contributed by atoms with Crippen molar-refractivity contribution in [3.63, 3.8) is 0 Å². The topological polar surface area (TPSA) is 73.4 Å². The molecule has 0 N–H and O–H groups in total. The van der Waals surface area contributed by atoms with Gasteiger partial charge < -0.3 is 14.2 Å². The molecule has 1 aliphatic heterocycles. The van der Waals surface area contributed by atoms with E-state index in [0.717, 1.165) is 0 Å². The van der Waals surface area contributed by atoms with Gasteiger partial charge in [-0.25, -0.2) is 4.98 Å². The number of rotatable bonds is 4. The molecule has 0 bridgehead atoms. The van der Waals surface area contributed by atoms with Gasteiger partial charge in [0.05, 0.1) is 5.75 Å². The van der Waals surface area contributed by atoms with Gasteiger partial charge in [-0.05, 0) is 12.8 Å². The molecule has 6 nitrogen and oxygen atoms in total. The summed E-state index contributed by atoms with van der Waals surface area (Å²) in [6.07, 6.45) is 5.13. The molecule has 1 aromatic rings. The fraction of sp³-hybridized carbons (Fsp3) is 0.688. The summed E-state index contributed by atoms with van der Waals surface area (Å²) >= 11 is 1.82. The Balaban J connectivity index is 1.49. The van der Waals surface area contributed by atoms with Gasteiger partial charge in [0.2, 0.25) is 17.5 Å². The van der Waals surface area contributed by atoms with E-state index in [4.69, 9.17) is 9.68 Å². The monoisotopic (exact) mass is 334 g/mol. The van der Waals surface area contributed by atoms with Gasteiger partial charge in [0.25, 0.3) is 0 Å². The lowest BCUT2D eigenvalue weighted by Crippen LogP contribution is -2.49. The van der Waals surface area contributed by atoms with E-state index in [1.165, 1.54) is 25.7 Å². The van der Waals surface area contributed by atoms with E-state index in [1.807, 2.05) is 21.6 Å². The Morgan fingerprint density at radius 1 is 1.35 bits per heavy atom. The molecule has 7 heteroatoms. The van der Waals surface area contributed by atoms with Gasteiger partial charge in [-0.2, -0.15) is 5.26 Å². The number of piperazine rings is 1. The van der Waals surface area contributed by atoms with Crippen LogP contribution in [0.5, 0.6) is 0 Å². The number of hydrogen-bond acceptors (Lipinski definition) is 6. The summed E-state index contributed by atoms with van der Waals surface area (Å²) in [5.74, 6) is 1.87. The SMILES string of the molecule is Cc1nc(C#N)c(N2CCN(C(=O)CSC3CCCC3)CC2)o1. The van der Waals surface area contributed by atoms with Gasteiger partial charge in [0.15, 0.2) is 5.89 Å². The molecule has 23 heavy (non-hydrogen) atoms. The van der Waals surface area contributed by atoms with Gasteiger partial charge in [-0.15, -0.1) is 11.8 Å². The largest absolute Gasteiger partial charge is 0.424 e. The van der Waals surface area contributed by atoms with Crippen LogP contribution in [-0.4, -0.2) is 53.0 Å². The van der Waals surface area contributed by atoms with E-state index in [2.05, 4.69) is 11.1 Å². The first-order valence-electron chi connectivity index (χ1n) is 8.19. The summed E-state index contributed by atoms with van der Waals surface area (Å²) in [4.78, 5) is 20.3. The molecule has 2 aliphatic rings. The first kappa shape index (κ1) is 16.2. The Kier molecular flexibility index (Phi) is 5.11. The minimum absolute atomic E-state index is 0.232. The van der Waals surface area contributed by atoms with E-state index in [-0.39, 0.29) is 5.91 Å². The zero-order chi connectivity index (χ0) is 16.2. The highest BCUT2D eigenvalue weighted by Crippen LogP contribution is 2.29. The summed E-state index contributed by atoms with van der Waals surface area (Å²) in [5, 5.41) is 9.79. The molecule has 124 valence electrons. The molecule has 0 aromatic carbocycles. The van der Waals surface area contributed by atoms with Crippen molar-refractivity contribution in [3.8, 4) is 6.07 Å². The molecule has 2 heterocycles. The highest BCUT2D eigenvalue weighted by molar-refractivity contribution is 8.00. The Morgan fingerprint density at radius 3 is 2.70 bits per heavy atom. The number of nitrogens with zero attached hydrogens (tertiary/aromatic N) is 4. The number of aryl methyl sites for hydroxylation is 1. The Morgan fingerprint density at radius 2 is 2.04 bits per heavy atom. The third-order valence-electron chi connectivity index (χ3n) is 4.49. The predicted octanol–water partition coefficient (Wildman–Crippen LogP) is 2.18. The van der Waals surface area contributed by atoms with Crippen LogP contribution in [0.15, 0.2) is 4.42 Å². The molecule has 0 radical (unpaired) electrons. The van der Waals surface area contributed by atoms with Crippen LogP contribution in [0.4, 0.5) is 5.88 Å². The first-order valence-corrected chi connectivity index (χ1v) is 9.24. The highest BCUT2D eigenvalue weighted by atomic mass is 32.2. The third-order valence-corrected chi connectivity index (χ3v) is 5.84. The van der Waals surface area contributed by atoms with E-state index in [9.17, 15) is 4.79 Å². The van der Waals surface area contributed by atoms with Crippen molar-refractivity contribution in [1.29, 1.82) is 5.26 Å². The van der Waals surface area contributed by atoms with Crippen molar-refractivity contribution in [2.75, 3.05) is 36.8 Å². The Hall–Kier alpha value is -1.68. The van der Waals surface area contributed by atoms with E-state index in [1.54, 1.807) is 6.92 Å². The maximum absolute atomic E-state index is 12.3. The molecule has 1 aliphatic carbocycles. The zero-order valence-electron chi connectivity index (χ0n) is 13.5. The summed E-state index contributed by atoms with van der Waals surface area (Å²) in [6.45, 7) is 4.46. The average Bonchev–Trinajstić information content (AvgIpc) is 3.22. The second kappa shape index (κ2) is 7.26. The molecule has 0 atom stereocenters. The molecule has 2 fully saturated rings. The highest BCUT2D eigenvalue weighted by Gasteiger charge is 2.26. The van der Waals surface area contributed by atoms with Crippen LogP contribution in [0.25, 0.3) is 0 Å². The molecule has 0 unspecified atom stereocenters. The second-order valence-corrected chi connectivity index (χ2v) is 7.37. The third kappa shape index (κ3) is 3.81. The summed E-state index contributed by atoms with van der Waals surface area (Å²) < 4.78 is 5.54. The van der Waals surface area contributed by atoms with Crippen LogP contribution in [0.3, 0.4) is 0 Å². The molecule has 1 amide bonds. The van der Waals surface area contributed by atoms with E-state index in [0.29, 0.717) is 54.7 Å². The van der Waals surface area contributed by atoms with E-state index < -0.39 is 0 Å². The van der Waals surface area contributed by atoms with Crippen molar-refractivity contribution in [2.45, 2.75) is 37.9 Å². The Bertz CT molecular complexity index is 596. The minimum atomic E-state index is 0.232. The lowest BCUT2D eigenvalue weighted by Gasteiger charge is -2.34. The maximum Gasteiger partial charge on any atom is 0.234 e. The van der Waals surface area contributed by atoms with Crippen LogP contribution >= 0.6 is 11.8 Å². The number of nitriles is 1. The second-order valence-electron chi connectivity index (χ2n) is 6.08. The Labute approximate surface area is 140 Å². The lowest BCUT2D eigenvalue weighted by molar-refractivity contribution is -0.128. The molecule has 0 spiro atoms. The molecule has 1 aromatic heterocycles. The fourth-order valence-corrected chi connectivity index (χ4v) is 4.43. The first-order chi connectivity index (χ1) is 11.2. The molecule has 3 rings (SSSR count). The van der Waals surface area contributed by atoms with E-state index >= 15 is 0 Å². The van der Waals surface area contributed by atoms with Crippen LogP contribution in [0.1, 0.15) is 37.3 Å². The summed E-state index contributed by atoms with van der Waals surface area (Å²) in [7, 11) is 0. The van der Waals surface area contributed by atoms with Crippen molar-refractivity contribution in [2.24, 2.45) is 0 Å². The van der Waals surface area contributed by atoms with Gasteiger partial charge >= 0.3 is 0 Å². The number of oxazole rings is 1. The maximum atomic E-state index is 12.3. The van der Waals surface area contributed by atoms with Gasteiger partial charge in [0.1, 0.15) is 6.07 Å². The number of carbonyl (C=O) groups is 1. The van der Waals surface area contributed by atoms with Crippen molar-refractivity contribution in [3.05, 3.63) is 11.6 Å². The number of carbonyl (C=O) groups excluding carboxylic acids is 1. The number of aromatic nitrogens is 1. The molecule has 1 saturated heterocycles. The zero-order valence-corrected chi connectivity index (χ0v) is 14.3. The quantitative estimate of drug-likeness (QED) is 0.840. The number of amides is 1. The molecular weight excluding hydrogens is 312 g/mol. The van der Waals surface area contributed by atoms with Crippen LogP contribution in [-0.2, 0) is 4.79 Å². The normalized spacial score (nSPS) is 19.1. The summed E-state index contributed by atoms with van der Waals surface area (Å²) in [6, 6.07) is 2.07. The van der Waals surface area contributed by atoms with Crippen LogP contribution in [0, 0.1) is 18.3 Å². The number of thioether (sulfide) groups is 1. The molecular formula is C16H22N4O2S. The van der Waals surface area contributed by atoms with Gasteiger partial charge in [-0.3, -0.25) is 4.79 Å². The van der Waals surface area contributed by atoms with Gasteiger partial charge in [0, 0.05) is 38.4 Å². The average molecular weight is 334 g/mol. The smallest absolute Gasteiger partial charge is 0.234 e. The van der Waals surface area contributed by atoms with Crippen molar-refractivity contribution in [1.82, 2.24) is 9.88 Å². The lowest BCUT2D eigenvalue weighted by atomic mass is 10.3. The van der Waals surface area contributed by atoms with Crippen LogP contribution in [0.2, 0.25) is 0 Å². The number of hydrogen-bond donors (Lipinski definition) is 0. The van der Waals surface area contributed by atoms with Crippen LogP contribution < -0.4 is 4.90 Å². The summed E-state index contributed by atoms with van der Waals surface area (Å²) in [5.41, 5.74) is 0.332. The van der Waals surface area contributed by atoms with Crippen molar-refractivity contribution < 1.29 is 9.21 Å². The number of anilines is 1. The van der Waals surface area contributed by atoms with Crippen molar-refractivity contribution >= 4 is 23.6 Å². The predicted molar refractivity (Wildman–Crippen MR) is 89.5 cm³/mol. The standard InChI is InChI=1S/C16H22N4O2S/c1-12-18-14(10-17)16(22-12)20-8-6-19(7-9-20)15(21)11-23-13-4-2-3-5-13/h13H,2-9,11H2,1H3. The molecule has 1 saturated carbocycles. The van der Waals surface area contributed by atoms with Gasteiger partial charge in [-0.1, -0.05) is 12.8 Å². The minimum Gasteiger partial charge on any atom is -0.424 e. The fourth-order valence-electron chi connectivity index (χ4n) is 3.20.